The Morgan fingerprint density at radius 2 is 2.16 bits per heavy atom. The van der Waals surface area contributed by atoms with Crippen LogP contribution in [0.5, 0.6) is 0 Å². The molecule has 0 aliphatic heterocycles. The van der Waals surface area contributed by atoms with Crippen LogP contribution in [0, 0.1) is 12.3 Å². The predicted octanol–water partition coefficient (Wildman–Crippen LogP) is 0.865. The van der Waals surface area contributed by atoms with E-state index in [1.165, 1.54) is 0 Å². The van der Waals surface area contributed by atoms with E-state index in [2.05, 4.69) is 16.6 Å². The Balaban J connectivity index is 2.49. The summed E-state index contributed by atoms with van der Waals surface area (Å²) in [4.78, 5) is 22.0. The smallest absolute Gasteiger partial charge is 0.303 e. The Morgan fingerprint density at radius 3 is 2.84 bits per heavy atom. The van der Waals surface area contributed by atoms with Crippen molar-refractivity contribution in [3.63, 3.8) is 0 Å². The van der Waals surface area contributed by atoms with Crippen molar-refractivity contribution in [2.75, 3.05) is 18.4 Å². The Labute approximate surface area is 112 Å². The third-order valence-electron chi connectivity index (χ3n) is 2.35. The Hall–Kier alpha value is -2.32. The van der Waals surface area contributed by atoms with Crippen molar-refractivity contribution in [2.45, 2.75) is 12.8 Å². The molecule has 0 aliphatic carbocycles. The summed E-state index contributed by atoms with van der Waals surface area (Å²) in [5.41, 5.74) is 1.52. The maximum Gasteiger partial charge on any atom is 0.303 e. The molecule has 0 saturated carbocycles. The molecule has 5 heteroatoms. The van der Waals surface area contributed by atoms with E-state index in [4.69, 9.17) is 11.5 Å². The van der Waals surface area contributed by atoms with Crippen LogP contribution >= 0.6 is 0 Å². The average Bonchev–Trinajstić information content (AvgIpc) is 2.37. The lowest BCUT2D eigenvalue weighted by Crippen LogP contribution is -2.28. The van der Waals surface area contributed by atoms with Gasteiger partial charge in [0.1, 0.15) is 0 Å². The number of anilines is 1. The summed E-state index contributed by atoms with van der Waals surface area (Å²) in [6, 6.07) is 7.13. The van der Waals surface area contributed by atoms with E-state index >= 15 is 0 Å². The molecule has 5 nitrogen and oxygen atoms in total. The van der Waals surface area contributed by atoms with E-state index in [0.29, 0.717) is 18.7 Å². The first-order chi connectivity index (χ1) is 9.11. The molecule has 0 radical (unpaired) electrons. The fraction of sp³-hybridized carbons (Fsp3) is 0.286. The second-order valence-electron chi connectivity index (χ2n) is 3.95. The zero-order valence-corrected chi connectivity index (χ0v) is 10.5. The van der Waals surface area contributed by atoms with E-state index in [1.54, 1.807) is 18.2 Å². The maximum absolute atomic E-state index is 11.5. The van der Waals surface area contributed by atoms with Gasteiger partial charge in [-0.25, -0.2) is 0 Å². The maximum atomic E-state index is 11.5. The molecule has 1 rings (SSSR count). The lowest BCUT2D eigenvalue weighted by atomic mass is 10.1. The minimum absolute atomic E-state index is 0.0706. The number of hydrogen-bond acceptors (Lipinski definition) is 3. The highest BCUT2D eigenvalue weighted by atomic mass is 16.4. The number of rotatable bonds is 7. The molecule has 0 spiro atoms. The van der Waals surface area contributed by atoms with Crippen LogP contribution in [0.2, 0.25) is 0 Å². The summed E-state index contributed by atoms with van der Waals surface area (Å²) in [6.07, 6.45) is 5.56. The normalized spacial score (nSPS) is 9.63. The molecule has 0 aromatic heterocycles. The first-order valence-corrected chi connectivity index (χ1v) is 5.86. The second kappa shape index (κ2) is 7.90. The zero-order chi connectivity index (χ0) is 14.1. The third kappa shape index (κ3) is 6.24. The zero-order valence-electron chi connectivity index (χ0n) is 10.5. The number of benzene rings is 1. The van der Waals surface area contributed by atoms with Crippen LogP contribution in [0.1, 0.15) is 12.0 Å². The van der Waals surface area contributed by atoms with Gasteiger partial charge in [0.05, 0.1) is 13.1 Å². The molecular formula is C14H16N2O3. The lowest BCUT2D eigenvalue weighted by Gasteiger charge is -2.07. The Kier molecular flexibility index (Phi) is 6.13. The van der Waals surface area contributed by atoms with Gasteiger partial charge in [0.25, 0.3) is 0 Å². The van der Waals surface area contributed by atoms with Gasteiger partial charge in [0.2, 0.25) is 5.91 Å². The van der Waals surface area contributed by atoms with Crippen LogP contribution in [0.4, 0.5) is 5.69 Å². The summed E-state index contributed by atoms with van der Waals surface area (Å²) in [5, 5.41) is 14.1. The van der Waals surface area contributed by atoms with Crippen molar-refractivity contribution in [1.29, 1.82) is 0 Å². The molecule has 0 unspecified atom stereocenters. The van der Waals surface area contributed by atoms with Crippen molar-refractivity contribution in [2.24, 2.45) is 0 Å². The number of carboxylic acids is 1. The standard InChI is InChI=1S/C14H16N2O3/c1-2-8-15-10-13(17)16-12-5-3-4-11(9-12)6-7-14(18)19/h1,3-5,9,15H,6-8,10H2,(H,16,17)(H,18,19). The molecule has 100 valence electrons. The number of nitrogens with one attached hydrogen (secondary N) is 2. The summed E-state index contributed by atoms with van der Waals surface area (Å²) in [7, 11) is 0. The quantitative estimate of drug-likeness (QED) is 0.502. The minimum Gasteiger partial charge on any atom is -0.481 e. The molecule has 19 heavy (non-hydrogen) atoms. The van der Waals surface area contributed by atoms with Gasteiger partial charge < -0.3 is 10.4 Å². The highest BCUT2D eigenvalue weighted by molar-refractivity contribution is 5.92. The third-order valence-corrected chi connectivity index (χ3v) is 2.35. The first kappa shape index (κ1) is 14.7. The number of aliphatic carboxylic acids is 1. The van der Waals surface area contributed by atoms with Crippen molar-refractivity contribution < 1.29 is 14.7 Å². The molecular weight excluding hydrogens is 244 g/mol. The molecule has 1 aromatic carbocycles. The van der Waals surface area contributed by atoms with Gasteiger partial charge in [0, 0.05) is 12.1 Å². The number of carboxylic acid groups (broad SMARTS) is 1. The molecule has 3 N–H and O–H groups in total. The van der Waals surface area contributed by atoms with Gasteiger partial charge in [-0.05, 0) is 24.1 Å². The van der Waals surface area contributed by atoms with E-state index < -0.39 is 5.97 Å². The van der Waals surface area contributed by atoms with Crippen LogP contribution in [-0.2, 0) is 16.0 Å². The Bertz CT molecular complexity index is 492. The van der Waals surface area contributed by atoms with E-state index in [1.807, 2.05) is 6.07 Å². The molecule has 0 fully saturated rings. The lowest BCUT2D eigenvalue weighted by molar-refractivity contribution is -0.137. The summed E-state index contributed by atoms with van der Waals surface area (Å²) < 4.78 is 0. The van der Waals surface area contributed by atoms with Gasteiger partial charge in [-0.1, -0.05) is 18.1 Å². The molecule has 0 heterocycles. The largest absolute Gasteiger partial charge is 0.481 e. The van der Waals surface area contributed by atoms with Crippen LogP contribution in [0.25, 0.3) is 0 Å². The van der Waals surface area contributed by atoms with Crippen LogP contribution in [-0.4, -0.2) is 30.1 Å². The summed E-state index contributed by atoms with van der Waals surface area (Å²) >= 11 is 0. The summed E-state index contributed by atoms with van der Waals surface area (Å²) in [6.45, 7) is 0.482. The van der Waals surface area contributed by atoms with Crippen LogP contribution < -0.4 is 10.6 Å². The molecule has 0 bridgehead atoms. The van der Waals surface area contributed by atoms with Gasteiger partial charge in [0.15, 0.2) is 0 Å². The fourth-order valence-electron chi connectivity index (χ4n) is 1.51. The number of aryl methyl sites for hydroxylation is 1. The number of terminal acetylenes is 1. The van der Waals surface area contributed by atoms with Gasteiger partial charge in [-0.15, -0.1) is 6.42 Å². The van der Waals surface area contributed by atoms with Crippen molar-refractivity contribution in [3.05, 3.63) is 29.8 Å². The number of carbonyl (C=O) groups is 2. The molecule has 1 amide bonds. The average molecular weight is 260 g/mol. The van der Waals surface area contributed by atoms with Crippen LogP contribution in [0.15, 0.2) is 24.3 Å². The monoisotopic (exact) mass is 260 g/mol. The predicted molar refractivity (Wildman–Crippen MR) is 72.7 cm³/mol. The summed E-state index contributed by atoms with van der Waals surface area (Å²) in [5.74, 6) is 1.35. The second-order valence-corrected chi connectivity index (χ2v) is 3.95. The van der Waals surface area contributed by atoms with Gasteiger partial charge in [-0.2, -0.15) is 0 Å². The number of hydrogen-bond donors (Lipinski definition) is 3. The molecule has 0 atom stereocenters. The highest BCUT2D eigenvalue weighted by Crippen LogP contribution is 2.12. The Morgan fingerprint density at radius 1 is 1.37 bits per heavy atom. The number of amides is 1. The van der Waals surface area contributed by atoms with E-state index in [-0.39, 0.29) is 18.9 Å². The van der Waals surface area contributed by atoms with Crippen molar-refractivity contribution in [3.8, 4) is 12.3 Å². The SMILES string of the molecule is C#CCNCC(=O)Nc1cccc(CCC(=O)O)c1. The number of carbonyl (C=O) groups excluding carboxylic acids is 1. The first-order valence-electron chi connectivity index (χ1n) is 5.86. The molecule has 0 aliphatic rings. The highest BCUT2D eigenvalue weighted by Gasteiger charge is 2.03. The van der Waals surface area contributed by atoms with Gasteiger partial charge >= 0.3 is 5.97 Å². The topological polar surface area (TPSA) is 78.4 Å². The molecule has 1 aromatic rings. The minimum atomic E-state index is -0.840. The van der Waals surface area contributed by atoms with Crippen LogP contribution in [0.3, 0.4) is 0 Å². The molecule has 0 saturated heterocycles. The van der Waals surface area contributed by atoms with Gasteiger partial charge in [-0.3, -0.25) is 14.9 Å². The fourth-order valence-corrected chi connectivity index (χ4v) is 1.51. The van der Waals surface area contributed by atoms with E-state index in [9.17, 15) is 9.59 Å². The van der Waals surface area contributed by atoms with E-state index in [0.717, 1.165) is 5.56 Å². The van der Waals surface area contributed by atoms with Crippen molar-refractivity contribution >= 4 is 17.6 Å². The van der Waals surface area contributed by atoms with Crippen molar-refractivity contribution in [1.82, 2.24) is 5.32 Å².